The van der Waals surface area contributed by atoms with E-state index in [1.807, 2.05) is 0 Å². The quantitative estimate of drug-likeness (QED) is 0.244. The topological polar surface area (TPSA) is 99.8 Å². The van der Waals surface area contributed by atoms with Crippen LogP contribution in [0.15, 0.2) is 47.3 Å². The molecule has 5 rings (SSSR count). The van der Waals surface area contributed by atoms with Crippen LogP contribution in [0, 0.1) is 5.82 Å². The number of rotatable bonds is 7. The Labute approximate surface area is 230 Å². The van der Waals surface area contributed by atoms with Gasteiger partial charge in [0.25, 0.3) is 5.91 Å². The molecule has 0 spiro atoms. The normalized spacial score (nSPS) is 18.1. The third-order valence-electron chi connectivity index (χ3n) is 7.04. The zero-order valence-corrected chi connectivity index (χ0v) is 23.0. The Morgan fingerprint density at radius 2 is 1.70 bits per heavy atom. The lowest BCUT2D eigenvalue weighted by atomic mass is 10.0. The van der Waals surface area contributed by atoms with E-state index in [1.165, 1.54) is 22.8 Å². The molecule has 10 heteroatoms. The first-order chi connectivity index (χ1) is 19.0. The minimum Gasteiger partial charge on any atom is -0.497 e. The largest absolute Gasteiger partial charge is 0.497 e. The fraction of sp³-hybridized carbons (Fsp3) is 0.400. The van der Waals surface area contributed by atoms with Gasteiger partial charge in [-0.05, 0) is 69.9 Å². The number of benzene rings is 2. The van der Waals surface area contributed by atoms with E-state index in [0.717, 1.165) is 29.4 Å². The van der Waals surface area contributed by atoms with Gasteiger partial charge < -0.3 is 9.47 Å². The van der Waals surface area contributed by atoms with Crippen LogP contribution in [0.4, 0.5) is 4.39 Å². The van der Waals surface area contributed by atoms with Crippen LogP contribution in [0.1, 0.15) is 69.7 Å². The molecular weight excluding hydrogens is 517 g/mol. The number of halogens is 1. The van der Waals surface area contributed by atoms with Crippen molar-refractivity contribution in [1.82, 2.24) is 14.0 Å². The number of amides is 2. The summed E-state index contributed by atoms with van der Waals surface area (Å²) in [5, 5.41) is 0. The molecule has 1 unspecified atom stereocenters. The Kier molecular flexibility index (Phi) is 7.12. The highest BCUT2D eigenvalue weighted by atomic mass is 19.1. The second-order valence-corrected chi connectivity index (χ2v) is 11.2. The zero-order valence-electron chi connectivity index (χ0n) is 23.0. The third-order valence-corrected chi connectivity index (χ3v) is 7.04. The molecule has 1 atom stereocenters. The van der Waals surface area contributed by atoms with Crippen molar-refractivity contribution in [2.24, 2.45) is 0 Å². The molecule has 40 heavy (non-hydrogen) atoms. The van der Waals surface area contributed by atoms with Gasteiger partial charge in [0.1, 0.15) is 23.2 Å². The van der Waals surface area contributed by atoms with E-state index in [-0.39, 0.29) is 42.4 Å². The fourth-order valence-electron chi connectivity index (χ4n) is 5.02. The van der Waals surface area contributed by atoms with Gasteiger partial charge >= 0.3 is 11.7 Å². The van der Waals surface area contributed by atoms with Crippen molar-refractivity contribution in [3.63, 3.8) is 0 Å². The minimum absolute atomic E-state index is 0.0554. The Balaban J connectivity index is 1.51. The molecule has 0 radical (unpaired) electrons. The zero-order chi connectivity index (χ0) is 28.8. The summed E-state index contributed by atoms with van der Waals surface area (Å²) in [4.78, 5) is 53.5. The van der Waals surface area contributed by atoms with E-state index >= 15 is 4.39 Å². The van der Waals surface area contributed by atoms with Gasteiger partial charge in [-0.1, -0.05) is 12.1 Å². The maximum absolute atomic E-state index is 15.3. The van der Waals surface area contributed by atoms with Crippen LogP contribution in [-0.2, 0) is 25.7 Å². The minimum atomic E-state index is -0.950. The van der Waals surface area contributed by atoms with Crippen molar-refractivity contribution in [1.29, 1.82) is 0 Å². The van der Waals surface area contributed by atoms with Gasteiger partial charge in [-0.15, -0.1) is 0 Å². The number of esters is 1. The fourth-order valence-corrected chi connectivity index (χ4v) is 5.02. The monoisotopic (exact) mass is 549 g/mol. The number of carbonyl (C=O) groups excluding carboxylic acids is 3. The highest BCUT2D eigenvalue weighted by Crippen LogP contribution is 2.38. The number of imide groups is 1. The second kappa shape index (κ2) is 10.4. The Morgan fingerprint density at radius 1 is 1.02 bits per heavy atom. The van der Waals surface area contributed by atoms with Crippen LogP contribution >= 0.6 is 0 Å². The number of carbonyl (C=O) groups is 3. The summed E-state index contributed by atoms with van der Waals surface area (Å²) in [6.45, 7) is 5.27. The van der Waals surface area contributed by atoms with Gasteiger partial charge in [0.2, 0.25) is 5.91 Å². The summed E-state index contributed by atoms with van der Waals surface area (Å²) in [5.74, 6) is -1.43. The molecule has 0 N–H and O–H groups in total. The summed E-state index contributed by atoms with van der Waals surface area (Å²) in [5.41, 5.74) is 0.509. The molecule has 2 aliphatic rings. The van der Waals surface area contributed by atoms with E-state index in [1.54, 1.807) is 56.7 Å². The van der Waals surface area contributed by atoms with Gasteiger partial charge in [0.05, 0.1) is 24.7 Å². The summed E-state index contributed by atoms with van der Waals surface area (Å²) in [6.07, 6.45) is 4.28. The predicted octanol–water partition coefficient (Wildman–Crippen LogP) is 4.53. The maximum Gasteiger partial charge on any atom is 0.331 e. The third kappa shape index (κ3) is 5.43. The van der Waals surface area contributed by atoms with Crippen molar-refractivity contribution >= 4 is 34.9 Å². The molecule has 1 aromatic heterocycles. The number of hydrogen-bond acceptors (Lipinski definition) is 6. The van der Waals surface area contributed by atoms with Gasteiger partial charge in [0.15, 0.2) is 0 Å². The van der Waals surface area contributed by atoms with E-state index in [9.17, 15) is 19.2 Å². The highest BCUT2D eigenvalue weighted by Gasteiger charge is 2.39. The highest BCUT2D eigenvalue weighted by molar-refractivity contribution is 6.00. The van der Waals surface area contributed by atoms with Crippen LogP contribution in [0.2, 0.25) is 0 Å². The number of likely N-dealkylation sites (tertiary alicyclic amines) is 1. The van der Waals surface area contributed by atoms with Crippen molar-refractivity contribution in [3.05, 3.63) is 69.9 Å². The lowest BCUT2D eigenvalue weighted by Crippen LogP contribution is -2.47. The molecule has 0 bridgehead atoms. The number of ether oxygens (including phenoxy) is 2. The van der Waals surface area contributed by atoms with Gasteiger partial charge in [0, 0.05) is 30.2 Å². The Morgan fingerprint density at radius 3 is 2.33 bits per heavy atom. The Bertz CT molecular complexity index is 1570. The first-order valence-electron chi connectivity index (χ1n) is 13.3. The first kappa shape index (κ1) is 27.4. The predicted molar refractivity (Wildman–Crippen MR) is 146 cm³/mol. The number of hydrogen-bond donors (Lipinski definition) is 0. The lowest BCUT2D eigenvalue weighted by Gasteiger charge is -2.31. The molecule has 1 saturated heterocycles. The number of aromatic nitrogens is 2. The van der Waals surface area contributed by atoms with E-state index in [0.29, 0.717) is 11.3 Å². The molecule has 1 saturated carbocycles. The van der Waals surface area contributed by atoms with Gasteiger partial charge in [-0.3, -0.25) is 23.6 Å². The van der Waals surface area contributed by atoms with E-state index < -0.39 is 35.0 Å². The van der Waals surface area contributed by atoms with Crippen LogP contribution in [0.3, 0.4) is 0 Å². The Hall–Kier alpha value is -4.21. The number of fused-ring (bicyclic) bond motifs is 1. The van der Waals surface area contributed by atoms with Crippen molar-refractivity contribution in [2.75, 3.05) is 7.11 Å². The van der Waals surface area contributed by atoms with Gasteiger partial charge in [-0.25, -0.2) is 14.0 Å². The molecule has 2 fully saturated rings. The maximum atomic E-state index is 15.3. The van der Waals surface area contributed by atoms with Crippen LogP contribution in [-0.4, -0.2) is 44.5 Å². The second-order valence-electron chi connectivity index (χ2n) is 11.2. The summed E-state index contributed by atoms with van der Waals surface area (Å²) in [6, 6.07) is 8.78. The average molecular weight is 550 g/mol. The molecule has 9 nitrogen and oxygen atoms in total. The number of piperidine rings is 1. The van der Waals surface area contributed by atoms with Crippen molar-refractivity contribution < 1.29 is 28.2 Å². The summed E-state index contributed by atoms with van der Waals surface area (Å²) >= 11 is 0. The van der Waals surface area contributed by atoms with E-state index in [2.05, 4.69) is 0 Å². The number of imidazole rings is 1. The first-order valence-corrected chi connectivity index (χ1v) is 13.3. The summed E-state index contributed by atoms with van der Waals surface area (Å²) in [7, 11) is 1.55. The smallest absolute Gasteiger partial charge is 0.331 e. The van der Waals surface area contributed by atoms with Crippen LogP contribution in [0.5, 0.6) is 5.75 Å². The molecular formula is C30H32FN3O6. The molecule has 210 valence electrons. The standard InChI is InChI=1S/C30H32FN3O6/c1-30(2,3)40-27(36)14-7-19-15-24-25(16-22(19)31)34(29(38)33(24)20-8-9-20)23-12-13-26(35)32(28(23)37)17-18-5-10-21(39-4)11-6-18/h5-7,10-11,14-16,20,23H,8-9,12-13,17H2,1-4H3/b14-7+. The van der Waals surface area contributed by atoms with Crippen molar-refractivity contribution in [2.45, 2.75) is 70.7 Å². The molecule has 2 aromatic carbocycles. The molecule has 1 aliphatic carbocycles. The van der Waals surface area contributed by atoms with Crippen LogP contribution in [0.25, 0.3) is 17.1 Å². The van der Waals surface area contributed by atoms with E-state index in [4.69, 9.17) is 9.47 Å². The summed E-state index contributed by atoms with van der Waals surface area (Å²) < 4.78 is 28.7. The molecule has 2 heterocycles. The number of methoxy groups -OCH3 is 1. The molecule has 3 aromatic rings. The average Bonchev–Trinajstić information content (AvgIpc) is 3.69. The lowest BCUT2D eigenvalue weighted by molar-refractivity contribution is -0.152. The number of nitrogens with zero attached hydrogens (tertiary/aromatic N) is 3. The molecule has 1 aliphatic heterocycles. The van der Waals surface area contributed by atoms with Gasteiger partial charge in [-0.2, -0.15) is 0 Å². The van der Waals surface area contributed by atoms with Crippen LogP contribution < -0.4 is 10.4 Å². The SMILES string of the molecule is COc1ccc(CN2C(=O)CCC(n3c(=O)n(C4CC4)c4cc(/C=C/C(=O)OC(C)(C)C)c(F)cc43)C2=O)cc1. The molecule has 2 amide bonds. The van der Waals surface area contributed by atoms with Crippen molar-refractivity contribution in [3.8, 4) is 5.75 Å².